The minimum Gasteiger partial charge on any atom is -0.463 e. The summed E-state index contributed by atoms with van der Waals surface area (Å²) in [6, 6.07) is 9.85. The molecule has 0 saturated heterocycles. The fraction of sp³-hybridized carbons (Fsp3) is 0.118. The number of benzene rings is 1. The molecular formula is C17H12FN3O2S. The lowest BCUT2D eigenvalue weighted by Gasteiger charge is -2.08. The maximum absolute atomic E-state index is 13.9. The summed E-state index contributed by atoms with van der Waals surface area (Å²) in [5.74, 6) is 0.172. The van der Waals surface area contributed by atoms with E-state index in [2.05, 4.69) is 10.1 Å². The second kappa shape index (κ2) is 5.68. The Hall–Kier alpha value is -2.80. The first-order chi connectivity index (χ1) is 11.6. The third kappa shape index (κ3) is 2.43. The van der Waals surface area contributed by atoms with Gasteiger partial charge in [0.25, 0.3) is 5.56 Å². The highest BCUT2D eigenvalue weighted by Crippen LogP contribution is 2.29. The average Bonchev–Trinajstić information content (AvgIpc) is 3.21. The molecule has 4 rings (SSSR count). The van der Waals surface area contributed by atoms with Gasteiger partial charge < -0.3 is 4.42 Å². The van der Waals surface area contributed by atoms with Crippen molar-refractivity contribution in [2.75, 3.05) is 0 Å². The number of furan rings is 1. The smallest absolute Gasteiger partial charge is 0.294 e. The molecule has 0 amide bonds. The number of halogens is 1. The van der Waals surface area contributed by atoms with Gasteiger partial charge in [0.1, 0.15) is 11.5 Å². The van der Waals surface area contributed by atoms with Crippen molar-refractivity contribution < 1.29 is 8.81 Å². The summed E-state index contributed by atoms with van der Waals surface area (Å²) in [5, 5.41) is 5.17. The van der Waals surface area contributed by atoms with E-state index in [0.29, 0.717) is 27.2 Å². The van der Waals surface area contributed by atoms with Gasteiger partial charge in [-0.3, -0.25) is 4.79 Å². The van der Waals surface area contributed by atoms with Crippen molar-refractivity contribution in [3.8, 4) is 11.5 Å². The highest BCUT2D eigenvalue weighted by atomic mass is 32.1. The molecule has 0 atom stereocenters. The summed E-state index contributed by atoms with van der Waals surface area (Å²) in [6.07, 6.45) is 1.54. The third-order valence-corrected chi connectivity index (χ3v) is 4.62. The standard InChI is InChI=1S/C17H12FN3O2S/c1-10-19-15-16(24-10)14(13-7-4-8-23-13)20-21(17(15)22)9-11-5-2-3-6-12(11)18/h2-8H,9H2,1H3. The van der Waals surface area contributed by atoms with Crippen LogP contribution < -0.4 is 5.56 Å². The number of aromatic nitrogens is 3. The number of nitrogens with zero attached hydrogens (tertiary/aromatic N) is 3. The van der Waals surface area contributed by atoms with Gasteiger partial charge in [0.15, 0.2) is 11.3 Å². The summed E-state index contributed by atoms with van der Waals surface area (Å²) in [4.78, 5) is 17.0. The molecule has 3 aromatic heterocycles. The first-order valence-electron chi connectivity index (χ1n) is 7.29. The van der Waals surface area contributed by atoms with Gasteiger partial charge in [-0.2, -0.15) is 5.10 Å². The molecule has 4 aromatic rings. The predicted octanol–water partition coefficient (Wildman–Crippen LogP) is 3.61. The number of hydrogen-bond donors (Lipinski definition) is 0. The molecule has 0 radical (unpaired) electrons. The lowest BCUT2D eigenvalue weighted by Crippen LogP contribution is -2.24. The van der Waals surface area contributed by atoms with E-state index in [0.717, 1.165) is 5.01 Å². The molecule has 24 heavy (non-hydrogen) atoms. The normalized spacial score (nSPS) is 11.2. The van der Waals surface area contributed by atoms with E-state index >= 15 is 0 Å². The molecule has 0 unspecified atom stereocenters. The summed E-state index contributed by atoms with van der Waals surface area (Å²) in [5.41, 5.74) is 0.920. The van der Waals surface area contributed by atoms with Crippen molar-refractivity contribution in [2.24, 2.45) is 0 Å². The second-order valence-electron chi connectivity index (χ2n) is 5.29. The molecule has 5 nitrogen and oxygen atoms in total. The van der Waals surface area contributed by atoms with Crippen molar-refractivity contribution in [2.45, 2.75) is 13.5 Å². The topological polar surface area (TPSA) is 60.9 Å². The van der Waals surface area contributed by atoms with Crippen LogP contribution in [0.2, 0.25) is 0 Å². The number of aryl methyl sites for hydroxylation is 1. The van der Waals surface area contributed by atoms with Crippen LogP contribution >= 0.6 is 11.3 Å². The highest BCUT2D eigenvalue weighted by Gasteiger charge is 2.18. The number of hydrogen-bond acceptors (Lipinski definition) is 5. The average molecular weight is 341 g/mol. The van der Waals surface area contributed by atoms with Gasteiger partial charge >= 0.3 is 0 Å². The van der Waals surface area contributed by atoms with Crippen LogP contribution in [0.15, 0.2) is 51.9 Å². The Kier molecular flexibility index (Phi) is 3.50. The van der Waals surface area contributed by atoms with Gasteiger partial charge in [-0.05, 0) is 25.1 Å². The number of thiazole rings is 1. The zero-order chi connectivity index (χ0) is 16.7. The minimum absolute atomic E-state index is 0.0335. The van der Waals surface area contributed by atoms with E-state index < -0.39 is 0 Å². The first kappa shape index (κ1) is 14.8. The van der Waals surface area contributed by atoms with Crippen LogP contribution in [-0.4, -0.2) is 14.8 Å². The van der Waals surface area contributed by atoms with Crippen molar-refractivity contribution in [1.29, 1.82) is 0 Å². The Balaban J connectivity index is 1.95. The Morgan fingerprint density at radius 1 is 1.25 bits per heavy atom. The van der Waals surface area contributed by atoms with Gasteiger partial charge in [0, 0.05) is 5.56 Å². The second-order valence-corrected chi connectivity index (χ2v) is 6.49. The quantitative estimate of drug-likeness (QED) is 0.571. The van der Waals surface area contributed by atoms with Crippen LogP contribution in [0.4, 0.5) is 4.39 Å². The maximum Gasteiger partial charge on any atom is 0.294 e. The molecule has 1 aromatic carbocycles. The molecule has 0 saturated carbocycles. The summed E-state index contributed by atoms with van der Waals surface area (Å²) >= 11 is 1.39. The molecule has 0 bridgehead atoms. The van der Waals surface area contributed by atoms with Crippen LogP contribution in [0.1, 0.15) is 10.6 Å². The molecular weight excluding hydrogens is 329 g/mol. The Morgan fingerprint density at radius 3 is 2.83 bits per heavy atom. The van der Waals surface area contributed by atoms with E-state index in [1.54, 1.807) is 36.6 Å². The van der Waals surface area contributed by atoms with Gasteiger partial charge in [-0.25, -0.2) is 14.1 Å². The zero-order valence-corrected chi connectivity index (χ0v) is 13.5. The summed E-state index contributed by atoms with van der Waals surface area (Å²) in [7, 11) is 0. The fourth-order valence-electron chi connectivity index (χ4n) is 2.54. The molecule has 0 N–H and O–H groups in total. The third-order valence-electron chi connectivity index (χ3n) is 3.64. The summed E-state index contributed by atoms with van der Waals surface area (Å²) in [6.45, 7) is 1.86. The van der Waals surface area contributed by atoms with Gasteiger partial charge in [-0.15, -0.1) is 11.3 Å². The predicted molar refractivity (Wildman–Crippen MR) is 89.6 cm³/mol. The molecule has 0 aliphatic carbocycles. The van der Waals surface area contributed by atoms with Gasteiger partial charge in [0.05, 0.1) is 22.5 Å². The molecule has 0 aliphatic heterocycles. The minimum atomic E-state index is -0.375. The molecule has 0 fully saturated rings. The molecule has 3 heterocycles. The fourth-order valence-corrected chi connectivity index (χ4v) is 3.44. The number of rotatable bonds is 3. The van der Waals surface area contributed by atoms with Gasteiger partial charge in [-0.1, -0.05) is 18.2 Å². The van der Waals surface area contributed by atoms with Crippen LogP contribution in [0.3, 0.4) is 0 Å². The van der Waals surface area contributed by atoms with Gasteiger partial charge in [0.2, 0.25) is 0 Å². The Labute approximate surface area is 140 Å². The first-order valence-corrected chi connectivity index (χ1v) is 8.10. The Bertz CT molecular complexity index is 1080. The van der Waals surface area contributed by atoms with Crippen molar-refractivity contribution in [3.05, 3.63) is 69.4 Å². The molecule has 0 spiro atoms. The summed E-state index contributed by atoms with van der Waals surface area (Å²) < 4.78 is 21.3. The van der Waals surface area contributed by atoms with E-state index in [1.807, 2.05) is 6.92 Å². The highest BCUT2D eigenvalue weighted by molar-refractivity contribution is 7.19. The van der Waals surface area contributed by atoms with E-state index in [9.17, 15) is 9.18 Å². The van der Waals surface area contributed by atoms with Crippen LogP contribution in [0, 0.1) is 12.7 Å². The van der Waals surface area contributed by atoms with Crippen LogP contribution in [0.25, 0.3) is 21.7 Å². The lowest BCUT2D eigenvalue weighted by molar-refractivity contribution is 0.561. The van der Waals surface area contributed by atoms with E-state index in [-0.39, 0.29) is 17.9 Å². The molecule has 7 heteroatoms. The lowest BCUT2D eigenvalue weighted by atomic mass is 10.2. The molecule has 120 valence electrons. The SMILES string of the molecule is Cc1nc2c(=O)n(Cc3ccccc3F)nc(-c3ccco3)c2s1. The molecule has 0 aliphatic rings. The maximum atomic E-state index is 13.9. The monoisotopic (exact) mass is 341 g/mol. The van der Waals surface area contributed by atoms with Crippen molar-refractivity contribution in [1.82, 2.24) is 14.8 Å². The van der Waals surface area contributed by atoms with Crippen LogP contribution in [0.5, 0.6) is 0 Å². The van der Waals surface area contributed by atoms with Crippen LogP contribution in [-0.2, 0) is 6.54 Å². The van der Waals surface area contributed by atoms with Crippen molar-refractivity contribution in [3.63, 3.8) is 0 Å². The van der Waals surface area contributed by atoms with E-state index in [1.165, 1.54) is 22.1 Å². The van der Waals surface area contributed by atoms with Crippen molar-refractivity contribution >= 4 is 21.6 Å². The number of fused-ring (bicyclic) bond motifs is 1. The largest absolute Gasteiger partial charge is 0.463 e. The van der Waals surface area contributed by atoms with E-state index in [4.69, 9.17) is 4.42 Å². The zero-order valence-electron chi connectivity index (χ0n) is 12.7. The Morgan fingerprint density at radius 2 is 2.08 bits per heavy atom.